The summed E-state index contributed by atoms with van der Waals surface area (Å²) in [6, 6.07) is 16.7. The summed E-state index contributed by atoms with van der Waals surface area (Å²) >= 11 is 3.32. The third-order valence-corrected chi connectivity index (χ3v) is 4.58. The van der Waals surface area contributed by atoms with E-state index >= 15 is 0 Å². The number of carbonyl (C=O) groups is 2. The summed E-state index contributed by atoms with van der Waals surface area (Å²) < 4.78 is 27.2. The molecule has 0 bridgehead atoms. The van der Waals surface area contributed by atoms with Gasteiger partial charge in [0.15, 0.2) is 0 Å². The molecular weight excluding hydrogens is 442 g/mol. The number of rotatable bonds is 6. The fourth-order valence-corrected chi connectivity index (χ4v) is 3.15. The van der Waals surface area contributed by atoms with Gasteiger partial charge < -0.3 is 10.6 Å². The average molecular weight is 459 g/mol. The zero-order chi connectivity index (χ0) is 20.8. The van der Waals surface area contributed by atoms with Crippen LogP contribution in [-0.4, -0.2) is 18.4 Å². The Morgan fingerprint density at radius 2 is 1.48 bits per heavy atom. The molecule has 7 heteroatoms. The number of amides is 2. The number of hydrogen-bond donors (Lipinski definition) is 2. The molecule has 148 valence electrons. The van der Waals surface area contributed by atoms with E-state index in [2.05, 4.69) is 26.6 Å². The van der Waals surface area contributed by atoms with Crippen molar-refractivity contribution in [3.63, 3.8) is 0 Å². The average Bonchev–Trinajstić information content (AvgIpc) is 2.67. The van der Waals surface area contributed by atoms with Crippen molar-refractivity contribution in [2.75, 3.05) is 11.9 Å². The molecule has 0 saturated carbocycles. The standard InChI is InChI=1S/C22H17BrF2N2O2/c23-17-5-1-3-15(11-17)22(29)27-20-6-2-4-16(12-20)21(28)26-8-7-14-9-18(24)13-19(25)10-14/h1-6,9-13H,7-8H2,(H,26,28)(H,27,29). The van der Waals surface area contributed by atoms with Crippen LogP contribution in [0.1, 0.15) is 26.3 Å². The van der Waals surface area contributed by atoms with Crippen LogP contribution in [0.2, 0.25) is 0 Å². The van der Waals surface area contributed by atoms with Crippen molar-refractivity contribution in [2.45, 2.75) is 6.42 Å². The van der Waals surface area contributed by atoms with Crippen molar-refractivity contribution in [1.29, 1.82) is 0 Å². The Bertz CT molecular complexity index is 1040. The van der Waals surface area contributed by atoms with E-state index in [1.165, 1.54) is 12.1 Å². The fourth-order valence-electron chi connectivity index (χ4n) is 2.75. The van der Waals surface area contributed by atoms with E-state index in [1.807, 2.05) is 6.07 Å². The maximum atomic E-state index is 13.2. The van der Waals surface area contributed by atoms with E-state index in [0.717, 1.165) is 10.5 Å². The minimum Gasteiger partial charge on any atom is -0.352 e. The molecule has 0 aliphatic heterocycles. The smallest absolute Gasteiger partial charge is 0.255 e. The molecular formula is C22H17BrF2N2O2. The Morgan fingerprint density at radius 1 is 0.828 bits per heavy atom. The molecule has 0 heterocycles. The van der Waals surface area contributed by atoms with Gasteiger partial charge in [-0.05, 0) is 60.5 Å². The first kappa shape index (κ1) is 20.7. The van der Waals surface area contributed by atoms with E-state index in [4.69, 9.17) is 0 Å². The highest BCUT2D eigenvalue weighted by atomic mass is 79.9. The number of nitrogens with one attached hydrogen (secondary N) is 2. The third-order valence-electron chi connectivity index (χ3n) is 4.09. The summed E-state index contributed by atoms with van der Waals surface area (Å²) in [6.07, 6.45) is 0.291. The molecule has 0 atom stereocenters. The molecule has 0 spiro atoms. The molecule has 3 aromatic rings. The largest absolute Gasteiger partial charge is 0.352 e. The molecule has 2 N–H and O–H groups in total. The lowest BCUT2D eigenvalue weighted by molar-refractivity contribution is 0.0952. The van der Waals surface area contributed by atoms with Gasteiger partial charge >= 0.3 is 0 Å². The highest BCUT2D eigenvalue weighted by molar-refractivity contribution is 9.10. The quantitative estimate of drug-likeness (QED) is 0.548. The van der Waals surface area contributed by atoms with Crippen molar-refractivity contribution >= 4 is 33.4 Å². The molecule has 3 aromatic carbocycles. The predicted molar refractivity (Wildman–Crippen MR) is 111 cm³/mol. The molecule has 0 aliphatic carbocycles. The minimum atomic E-state index is -0.653. The van der Waals surface area contributed by atoms with Crippen LogP contribution in [0.25, 0.3) is 0 Å². The molecule has 0 radical (unpaired) electrons. The van der Waals surface area contributed by atoms with Crippen LogP contribution in [-0.2, 0) is 6.42 Å². The van der Waals surface area contributed by atoms with E-state index in [-0.39, 0.29) is 18.4 Å². The summed E-state index contributed by atoms with van der Waals surface area (Å²) in [5, 5.41) is 5.46. The SMILES string of the molecule is O=C(NCCc1cc(F)cc(F)c1)c1cccc(NC(=O)c2cccc(Br)c2)c1. The maximum absolute atomic E-state index is 13.2. The fraction of sp³-hybridized carbons (Fsp3) is 0.0909. The highest BCUT2D eigenvalue weighted by Gasteiger charge is 2.10. The first-order valence-electron chi connectivity index (χ1n) is 8.81. The van der Waals surface area contributed by atoms with E-state index in [9.17, 15) is 18.4 Å². The lowest BCUT2D eigenvalue weighted by atomic mass is 10.1. The van der Waals surface area contributed by atoms with Crippen LogP contribution < -0.4 is 10.6 Å². The van der Waals surface area contributed by atoms with Crippen molar-refractivity contribution in [3.05, 3.63) is 99.5 Å². The summed E-state index contributed by atoms with van der Waals surface area (Å²) in [4.78, 5) is 24.7. The van der Waals surface area contributed by atoms with Gasteiger partial charge in [0.05, 0.1) is 0 Å². The molecule has 0 saturated heterocycles. The Kier molecular flexibility index (Phi) is 6.72. The van der Waals surface area contributed by atoms with Crippen LogP contribution in [0.3, 0.4) is 0 Å². The Hall–Kier alpha value is -3.06. The van der Waals surface area contributed by atoms with Crippen molar-refractivity contribution in [1.82, 2.24) is 5.32 Å². The molecule has 3 rings (SSSR count). The zero-order valence-electron chi connectivity index (χ0n) is 15.2. The summed E-state index contributed by atoms with van der Waals surface area (Å²) in [5.74, 6) is -1.95. The topological polar surface area (TPSA) is 58.2 Å². The Balaban J connectivity index is 1.59. The van der Waals surface area contributed by atoms with Crippen LogP contribution >= 0.6 is 15.9 Å². The van der Waals surface area contributed by atoms with Gasteiger partial charge in [0.25, 0.3) is 11.8 Å². The summed E-state index contributed by atoms with van der Waals surface area (Å²) in [6.45, 7) is 0.219. The van der Waals surface area contributed by atoms with E-state index in [1.54, 1.807) is 42.5 Å². The molecule has 0 aliphatic rings. The molecule has 29 heavy (non-hydrogen) atoms. The molecule has 0 fully saturated rings. The van der Waals surface area contributed by atoms with Crippen molar-refractivity contribution in [2.24, 2.45) is 0 Å². The molecule has 2 amide bonds. The number of hydrogen-bond acceptors (Lipinski definition) is 2. The van der Waals surface area contributed by atoms with Gasteiger partial charge in [0.2, 0.25) is 0 Å². The second-order valence-electron chi connectivity index (χ2n) is 6.33. The molecule has 0 unspecified atom stereocenters. The second-order valence-corrected chi connectivity index (χ2v) is 7.24. The first-order chi connectivity index (χ1) is 13.9. The monoisotopic (exact) mass is 458 g/mol. The van der Waals surface area contributed by atoms with E-state index in [0.29, 0.717) is 28.8 Å². The number of benzene rings is 3. The number of carbonyl (C=O) groups excluding carboxylic acids is 2. The van der Waals surface area contributed by atoms with Gasteiger partial charge in [0, 0.05) is 33.9 Å². The third kappa shape index (κ3) is 5.96. The van der Waals surface area contributed by atoms with Gasteiger partial charge in [-0.1, -0.05) is 28.1 Å². The predicted octanol–water partition coefficient (Wildman–Crippen LogP) is 4.95. The van der Waals surface area contributed by atoms with Gasteiger partial charge in [-0.3, -0.25) is 9.59 Å². The Morgan fingerprint density at radius 3 is 2.17 bits per heavy atom. The minimum absolute atomic E-state index is 0.219. The van der Waals surface area contributed by atoms with Crippen molar-refractivity contribution < 1.29 is 18.4 Å². The van der Waals surface area contributed by atoms with Crippen LogP contribution in [0.4, 0.5) is 14.5 Å². The number of anilines is 1. The van der Waals surface area contributed by atoms with Gasteiger partial charge in [-0.2, -0.15) is 0 Å². The van der Waals surface area contributed by atoms with Gasteiger partial charge in [-0.25, -0.2) is 8.78 Å². The number of halogens is 3. The summed E-state index contributed by atoms with van der Waals surface area (Å²) in [5.41, 5.74) is 1.78. The van der Waals surface area contributed by atoms with Crippen molar-refractivity contribution in [3.8, 4) is 0 Å². The Labute approximate surface area is 175 Å². The molecule has 0 aromatic heterocycles. The first-order valence-corrected chi connectivity index (χ1v) is 9.60. The van der Waals surface area contributed by atoms with Crippen LogP contribution in [0.5, 0.6) is 0 Å². The van der Waals surface area contributed by atoms with Crippen LogP contribution in [0, 0.1) is 11.6 Å². The summed E-state index contributed by atoms with van der Waals surface area (Å²) in [7, 11) is 0. The molecule has 4 nitrogen and oxygen atoms in total. The van der Waals surface area contributed by atoms with Crippen LogP contribution in [0.15, 0.2) is 71.2 Å². The lowest BCUT2D eigenvalue weighted by Gasteiger charge is -2.09. The lowest BCUT2D eigenvalue weighted by Crippen LogP contribution is -2.26. The maximum Gasteiger partial charge on any atom is 0.255 e. The van der Waals surface area contributed by atoms with Gasteiger partial charge in [0.1, 0.15) is 11.6 Å². The zero-order valence-corrected chi connectivity index (χ0v) is 16.8. The normalized spacial score (nSPS) is 10.4. The second kappa shape index (κ2) is 9.43. The highest BCUT2D eigenvalue weighted by Crippen LogP contribution is 2.15. The van der Waals surface area contributed by atoms with Gasteiger partial charge in [-0.15, -0.1) is 0 Å². The van der Waals surface area contributed by atoms with E-state index < -0.39 is 11.6 Å².